The first kappa shape index (κ1) is 19.9. The van der Waals surface area contributed by atoms with Gasteiger partial charge in [0.15, 0.2) is 0 Å². The van der Waals surface area contributed by atoms with Gasteiger partial charge in [-0.1, -0.05) is 53.5 Å². The Morgan fingerprint density at radius 1 is 1.07 bits per heavy atom. The molecule has 0 saturated heterocycles. The van der Waals surface area contributed by atoms with Gasteiger partial charge in [-0.25, -0.2) is 4.68 Å². The van der Waals surface area contributed by atoms with Crippen LogP contribution in [0.4, 0.5) is 0 Å². The van der Waals surface area contributed by atoms with Gasteiger partial charge < -0.3 is 0 Å². The van der Waals surface area contributed by atoms with Crippen LogP contribution in [0.25, 0.3) is 17.1 Å². The molecule has 2 heterocycles. The molecule has 0 unspecified atom stereocenters. The van der Waals surface area contributed by atoms with Gasteiger partial charge in [-0.05, 0) is 42.8 Å². The first-order valence-corrected chi connectivity index (χ1v) is 10.8. The molecule has 148 valence electrons. The number of nitrogens with zero attached hydrogens (tertiary/aromatic N) is 6. The van der Waals surface area contributed by atoms with Crippen molar-refractivity contribution in [2.45, 2.75) is 30.7 Å². The van der Waals surface area contributed by atoms with E-state index in [1.54, 1.807) is 39.6 Å². The van der Waals surface area contributed by atoms with Crippen molar-refractivity contribution in [1.29, 1.82) is 0 Å². The molecule has 4 aromatic rings. The lowest BCUT2D eigenvalue weighted by atomic mass is 10.2. The van der Waals surface area contributed by atoms with Gasteiger partial charge >= 0.3 is 0 Å². The molecular weight excluding hydrogens is 427 g/mol. The van der Waals surface area contributed by atoms with Crippen LogP contribution in [0.1, 0.15) is 25.5 Å². The molecule has 29 heavy (non-hydrogen) atoms. The number of halogens is 2. The first-order chi connectivity index (χ1) is 14.0. The highest BCUT2D eigenvalue weighted by Crippen LogP contribution is 2.35. The lowest BCUT2D eigenvalue weighted by Crippen LogP contribution is -2.04. The average molecular weight is 445 g/mol. The van der Waals surface area contributed by atoms with Crippen molar-refractivity contribution >= 4 is 35.0 Å². The van der Waals surface area contributed by atoms with Gasteiger partial charge in [-0.15, -0.1) is 22.0 Å². The Hall–Kier alpha value is -2.35. The van der Waals surface area contributed by atoms with Crippen LogP contribution in [-0.2, 0) is 5.75 Å². The van der Waals surface area contributed by atoms with E-state index < -0.39 is 0 Å². The maximum atomic E-state index is 6.45. The van der Waals surface area contributed by atoms with Crippen molar-refractivity contribution in [1.82, 2.24) is 30.0 Å². The molecule has 2 aromatic carbocycles. The summed E-state index contributed by atoms with van der Waals surface area (Å²) < 4.78 is 1.80. The number of tetrazole rings is 1. The summed E-state index contributed by atoms with van der Waals surface area (Å²) in [6.07, 6.45) is 1.75. The highest BCUT2D eigenvalue weighted by molar-refractivity contribution is 7.98. The number of thioether (sulfide) groups is 1. The van der Waals surface area contributed by atoms with E-state index in [0.29, 0.717) is 15.9 Å². The van der Waals surface area contributed by atoms with E-state index in [0.717, 1.165) is 22.0 Å². The van der Waals surface area contributed by atoms with Gasteiger partial charge in [0.05, 0.1) is 28.5 Å². The van der Waals surface area contributed by atoms with Crippen molar-refractivity contribution in [3.63, 3.8) is 0 Å². The second-order valence-corrected chi connectivity index (χ2v) is 8.48. The Morgan fingerprint density at radius 3 is 2.55 bits per heavy atom. The molecule has 6 nitrogen and oxygen atoms in total. The SMILES string of the molecule is CC(C)n1nnc(-c2cnn(-c3ccc(Cl)cc3Cl)c2SCc2ccccc2)n1. The van der Waals surface area contributed by atoms with E-state index in [1.807, 2.05) is 38.1 Å². The maximum absolute atomic E-state index is 6.45. The molecule has 2 aromatic heterocycles. The molecule has 0 fully saturated rings. The fraction of sp³-hybridized carbons (Fsp3) is 0.200. The van der Waals surface area contributed by atoms with E-state index in [1.165, 1.54) is 5.56 Å². The summed E-state index contributed by atoms with van der Waals surface area (Å²) in [7, 11) is 0. The average Bonchev–Trinajstić information content (AvgIpc) is 3.34. The monoisotopic (exact) mass is 444 g/mol. The topological polar surface area (TPSA) is 61.4 Å². The number of rotatable bonds is 6. The number of aromatic nitrogens is 6. The predicted molar refractivity (Wildman–Crippen MR) is 117 cm³/mol. The minimum Gasteiger partial charge on any atom is -0.225 e. The Bertz CT molecular complexity index is 1120. The van der Waals surface area contributed by atoms with Crippen LogP contribution in [0, 0.1) is 0 Å². The second-order valence-electron chi connectivity index (χ2n) is 6.67. The quantitative estimate of drug-likeness (QED) is 0.356. The van der Waals surface area contributed by atoms with Crippen LogP contribution in [-0.4, -0.2) is 30.0 Å². The lowest BCUT2D eigenvalue weighted by Gasteiger charge is -2.10. The van der Waals surface area contributed by atoms with E-state index in [-0.39, 0.29) is 6.04 Å². The summed E-state index contributed by atoms with van der Waals surface area (Å²) >= 11 is 14.2. The molecule has 0 radical (unpaired) electrons. The summed E-state index contributed by atoms with van der Waals surface area (Å²) in [5.74, 6) is 1.30. The van der Waals surface area contributed by atoms with Crippen LogP contribution < -0.4 is 0 Å². The van der Waals surface area contributed by atoms with Crippen molar-refractivity contribution in [2.75, 3.05) is 0 Å². The molecule has 0 spiro atoms. The number of hydrogen-bond donors (Lipinski definition) is 0. The minimum absolute atomic E-state index is 0.123. The molecule has 4 rings (SSSR count). The number of benzene rings is 2. The fourth-order valence-electron chi connectivity index (χ4n) is 2.73. The van der Waals surface area contributed by atoms with Crippen LogP contribution in [0.2, 0.25) is 10.0 Å². The van der Waals surface area contributed by atoms with E-state index in [4.69, 9.17) is 23.2 Å². The Labute approximate surface area is 182 Å². The smallest absolute Gasteiger partial charge is 0.209 e. The molecule has 0 N–H and O–H groups in total. The summed E-state index contributed by atoms with van der Waals surface area (Å²) in [5.41, 5.74) is 2.76. The molecule has 0 bridgehead atoms. The normalized spacial score (nSPS) is 11.3. The largest absolute Gasteiger partial charge is 0.225 e. The van der Waals surface area contributed by atoms with Crippen molar-refractivity contribution < 1.29 is 0 Å². The Morgan fingerprint density at radius 2 is 1.86 bits per heavy atom. The summed E-state index contributed by atoms with van der Waals surface area (Å²) in [6.45, 7) is 4.01. The third-order valence-corrected chi connectivity index (χ3v) is 5.89. The standard InChI is InChI=1S/C20H18Cl2N6S/c1-13(2)28-25-19(24-26-28)16-11-23-27(18-9-8-15(21)10-17(18)22)20(16)29-12-14-6-4-3-5-7-14/h3-11,13H,12H2,1-2H3. The van der Waals surface area contributed by atoms with Crippen LogP contribution in [0.15, 0.2) is 59.8 Å². The van der Waals surface area contributed by atoms with Gasteiger partial charge in [0.2, 0.25) is 5.82 Å². The summed E-state index contributed by atoms with van der Waals surface area (Å²) in [4.78, 5) is 1.59. The molecule has 9 heteroatoms. The highest BCUT2D eigenvalue weighted by atomic mass is 35.5. The fourth-order valence-corrected chi connectivity index (χ4v) is 4.28. The van der Waals surface area contributed by atoms with Gasteiger partial charge in [0.25, 0.3) is 0 Å². The lowest BCUT2D eigenvalue weighted by molar-refractivity contribution is 0.455. The zero-order valence-electron chi connectivity index (χ0n) is 15.8. The Balaban J connectivity index is 1.77. The molecule has 0 aliphatic carbocycles. The third-order valence-electron chi connectivity index (χ3n) is 4.21. The minimum atomic E-state index is 0.123. The third kappa shape index (κ3) is 4.32. The van der Waals surface area contributed by atoms with E-state index in [2.05, 4.69) is 32.6 Å². The molecule has 0 amide bonds. The van der Waals surface area contributed by atoms with Gasteiger partial charge in [-0.2, -0.15) is 9.90 Å². The van der Waals surface area contributed by atoms with Crippen molar-refractivity contribution in [2.24, 2.45) is 0 Å². The zero-order valence-corrected chi connectivity index (χ0v) is 18.2. The molecule has 0 aliphatic heterocycles. The van der Waals surface area contributed by atoms with E-state index in [9.17, 15) is 0 Å². The van der Waals surface area contributed by atoms with Crippen molar-refractivity contribution in [3.8, 4) is 17.1 Å². The number of hydrogen-bond acceptors (Lipinski definition) is 5. The predicted octanol–water partition coefficient (Wildman–Crippen LogP) is 5.71. The van der Waals surface area contributed by atoms with Gasteiger partial charge in [-0.3, -0.25) is 0 Å². The summed E-state index contributed by atoms with van der Waals surface area (Å²) in [6, 6.07) is 15.7. The van der Waals surface area contributed by atoms with Crippen LogP contribution in [0.5, 0.6) is 0 Å². The van der Waals surface area contributed by atoms with Crippen molar-refractivity contribution in [3.05, 3.63) is 70.3 Å². The maximum Gasteiger partial charge on any atom is 0.209 e. The van der Waals surface area contributed by atoms with Gasteiger partial charge in [0, 0.05) is 10.8 Å². The molecule has 0 saturated carbocycles. The van der Waals surface area contributed by atoms with Crippen LogP contribution >= 0.6 is 35.0 Å². The molecule has 0 atom stereocenters. The molecule has 0 aliphatic rings. The second kappa shape index (κ2) is 8.57. The highest BCUT2D eigenvalue weighted by Gasteiger charge is 2.20. The summed E-state index contributed by atoms with van der Waals surface area (Å²) in [5, 5.41) is 19.4. The zero-order chi connectivity index (χ0) is 20.4. The van der Waals surface area contributed by atoms with Gasteiger partial charge in [0.1, 0.15) is 5.03 Å². The van der Waals surface area contributed by atoms with Crippen LogP contribution in [0.3, 0.4) is 0 Å². The Kier molecular flexibility index (Phi) is 5.89. The first-order valence-electron chi connectivity index (χ1n) is 9.03. The van der Waals surface area contributed by atoms with E-state index >= 15 is 0 Å². The molecular formula is C20H18Cl2N6S.